The fourth-order valence-electron chi connectivity index (χ4n) is 6.13. The fraction of sp³-hybridized carbons (Fsp3) is 0.950. The van der Waals surface area contributed by atoms with Crippen LogP contribution in [-0.4, -0.2) is 61.4 Å². The summed E-state index contributed by atoms with van der Waals surface area (Å²) in [6, 6.07) is 0. The molecule has 2 aliphatic heterocycles. The predicted molar refractivity (Wildman–Crippen MR) is 110 cm³/mol. The van der Waals surface area contributed by atoms with Gasteiger partial charge in [-0.1, -0.05) is 13.8 Å². The Labute approximate surface area is 172 Å². The van der Waals surface area contributed by atoms with E-state index >= 15 is 0 Å². The average molecular weight is 432 g/mol. The van der Waals surface area contributed by atoms with E-state index < -0.39 is 21.0 Å². The molecular weight excluding hydrogens is 398 g/mol. The van der Waals surface area contributed by atoms with Gasteiger partial charge in [-0.25, -0.2) is 13.1 Å². The second-order valence-electron chi connectivity index (χ2n) is 9.80. The van der Waals surface area contributed by atoms with Crippen molar-refractivity contribution in [1.82, 2.24) is 4.72 Å². The standard InChI is InChI=1S/C20H33NO5S2/c1-18(2)14-5-7-19(18,16(22)10-14)13-28(24,25)21-12-20(23,15-6-8-26-11-15)17-4-3-9-27-17/h14-15,17,21,23H,3-13H2,1-2H3. The zero-order chi connectivity index (χ0) is 20.2. The molecule has 8 heteroatoms. The van der Waals surface area contributed by atoms with Crippen LogP contribution in [0.3, 0.4) is 0 Å². The van der Waals surface area contributed by atoms with Crippen molar-refractivity contribution in [2.24, 2.45) is 22.7 Å². The number of Topliss-reactive ketones (excluding diaryl/α,β-unsaturated/α-hetero) is 1. The van der Waals surface area contributed by atoms with Crippen LogP contribution in [0.4, 0.5) is 0 Å². The molecule has 0 aromatic carbocycles. The molecular formula is C20H33NO5S2. The molecule has 5 atom stereocenters. The minimum atomic E-state index is -3.69. The van der Waals surface area contributed by atoms with E-state index in [1.165, 1.54) is 0 Å². The van der Waals surface area contributed by atoms with Crippen LogP contribution < -0.4 is 4.72 Å². The fourth-order valence-corrected chi connectivity index (χ4v) is 9.53. The Balaban J connectivity index is 1.50. The third kappa shape index (κ3) is 3.27. The van der Waals surface area contributed by atoms with Gasteiger partial charge < -0.3 is 9.84 Å². The van der Waals surface area contributed by atoms with Crippen LogP contribution in [0.25, 0.3) is 0 Å². The Hall–Kier alpha value is -0.150. The van der Waals surface area contributed by atoms with Gasteiger partial charge >= 0.3 is 0 Å². The van der Waals surface area contributed by atoms with Crippen molar-refractivity contribution >= 4 is 27.6 Å². The molecule has 4 rings (SSSR count). The number of aliphatic hydroxyl groups is 1. The smallest absolute Gasteiger partial charge is 0.212 e. The Kier molecular flexibility index (Phi) is 5.44. The lowest BCUT2D eigenvalue weighted by Gasteiger charge is -2.39. The first-order valence-corrected chi connectivity index (χ1v) is 13.2. The van der Waals surface area contributed by atoms with E-state index in [9.17, 15) is 18.3 Å². The minimum Gasteiger partial charge on any atom is -0.387 e. The number of nitrogens with one attached hydrogen (secondary N) is 1. The number of rotatable bonds is 7. The number of hydrogen-bond acceptors (Lipinski definition) is 6. The SMILES string of the molecule is CC1(C)C2CCC1(CS(=O)(=O)NCC(O)(C1CCOC1)C1CCCS1)C(=O)C2. The van der Waals surface area contributed by atoms with Gasteiger partial charge in [0, 0.05) is 36.2 Å². The van der Waals surface area contributed by atoms with E-state index in [1.807, 2.05) is 13.8 Å². The van der Waals surface area contributed by atoms with E-state index in [0.29, 0.717) is 26.1 Å². The molecule has 0 aromatic rings. The Morgan fingerprint density at radius 1 is 1.32 bits per heavy atom. The van der Waals surface area contributed by atoms with Crippen LogP contribution in [0.1, 0.15) is 52.4 Å². The molecule has 0 radical (unpaired) electrons. The molecule has 0 aromatic heterocycles. The van der Waals surface area contributed by atoms with Gasteiger partial charge in [0.25, 0.3) is 0 Å². The maximum Gasteiger partial charge on any atom is 0.212 e. The van der Waals surface area contributed by atoms with Crippen molar-refractivity contribution in [2.45, 2.75) is 63.2 Å². The summed E-state index contributed by atoms with van der Waals surface area (Å²) >= 11 is 1.74. The third-order valence-electron chi connectivity index (χ3n) is 8.27. The highest BCUT2D eigenvalue weighted by Gasteiger charge is 2.65. The first kappa shape index (κ1) is 21.1. The molecule has 2 saturated carbocycles. The highest BCUT2D eigenvalue weighted by atomic mass is 32.2. The Morgan fingerprint density at radius 3 is 2.64 bits per heavy atom. The second kappa shape index (κ2) is 7.22. The number of ether oxygens (including phenoxy) is 1. The summed E-state index contributed by atoms with van der Waals surface area (Å²) in [6.07, 6.45) is 4.79. The summed E-state index contributed by atoms with van der Waals surface area (Å²) in [5.41, 5.74) is -2.16. The molecule has 5 unspecified atom stereocenters. The molecule has 0 spiro atoms. The van der Waals surface area contributed by atoms with Crippen LogP contribution in [0, 0.1) is 22.7 Å². The molecule has 2 saturated heterocycles. The third-order valence-corrected chi connectivity index (χ3v) is 11.3. The zero-order valence-corrected chi connectivity index (χ0v) is 18.5. The van der Waals surface area contributed by atoms with Gasteiger partial charge in [0.2, 0.25) is 10.0 Å². The lowest BCUT2D eigenvalue weighted by Crippen LogP contribution is -2.56. The molecule has 4 fully saturated rings. The second-order valence-corrected chi connectivity index (χ2v) is 12.9. The van der Waals surface area contributed by atoms with Gasteiger partial charge in [0.05, 0.1) is 18.0 Å². The van der Waals surface area contributed by atoms with E-state index in [0.717, 1.165) is 31.4 Å². The van der Waals surface area contributed by atoms with Gasteiger partial charge in [-0.15, -0.1) is 0 Å². The van der Waals surface area contributed by atoms with Crippen molar-refractivity contribution in [1.29, 1.82) is 0 Å². The van der Waals surface area contributed by atoms with Crippen molar-refractivity contribution in [3.63, 3.8) is 0 Å². The molecule has 2 bridgehead atoms. The molecule has 2 heterocycles. The Bertz CT molecular complexity index is 709. The Morgan fingerprint density at radius 2 is 2.11 bits per heavy atom. The summed E-state index contributed by atoms with van der Waals surface area (Å²) in [5, 5.41) is 11.6. The summed E-state index contributed by atoms with van der Waals surface area (Å²) in [6.45, 7) is 5.20. The van der Waals surface area contributed by atoms with Crippen molar-refractivity contribution in [2.75, 3.05) is 31.3 Å². The highest BCUT2D eigenvalue weighted by Crippen LogP contribution is 2.64. The average Bonchev–Trinajstić information content (AvgIpc) is 3.39. The lowest BCUT2D eigenvalue weighted by atomic mass is 9.70. The number of fused-ring (bicyclic) bond motifs is 2. The molecule has 4 aliphatic rings. The van der Waals surface area contributed by atoms with Crippen LogP contribution in [-0.2, 0) is 19.6 Å². The quantitative estimate of drug-likeness (QED) is 0.640. The predicted octanol–water partition coefficient (Wildman–Crippen LogP) is 1.96. The normalized spacial score (nSPS) is 39.5. The number of carbonyl (C=O) groups is 1. The van der Waals surface area contributed by atoms with Gasteiger partial charge in [-0.3, -0.25) is 4.79 Å². The maximum absolute atomic E-state index is 13.1. The first-order chi connectivity index (χ1) is 13.1. The van der Waals surface area contributed by atoms with Crippen LogP contribution in [0.5, 0.6) is 0 Å². The molecule has 0 amide bonds. The van der Waals surface area contributed by atoms with E-state index in [4.69, 9.17) is 4.74 Å². The monoisotopic (exact) mass is 431 g/mol. The summed E-state index contributed by atoms with van der Waals surface area (Å²) in [5.74, 6) is 1.18. The number of thioether (sulfide) groups is 1. The van der Waals surface area contributed by atoms with Gasteiger partial charge in [0.1, 0.15) is 5.78 Å². The molecule has 160 valence electrons. The lowest BCUT2D eigenvalue weighted by molar-refractivity contribution is -0.128. The number of ketones is 1. The van der Waals surface area contributed by atoms with Crippen LogP contribution in [0.15, 0.2) is 0 Å². The van der Waals surface area contributed by atoms with Crippen molar-refractivity contribution in [3.05, 3.63) is 0 Å². The largest absolute Gasteiger partial charge is 0.387 e. The topological polar surface area (TPSA) is 92.7 Å². The van der Waals surface area contributed by atoms with E-state index in [-0.39, 0.29) is 40.6 Å². The molecule has 6 nitrogen and oxygen atoms in total. The number of hydrogen-bond donors (Lipinski definition) is 2. The highest BCUT2D eigenvalue weighted by molar-refractivity contribution is 8.00. The summed E-state index contributed by atoms with van der Waals surface area (Å²) in [4.78, 5) is 12.7. The van der Waals surface area contributed by atoms with Gasteiger partial charge in [-0.2, -0.15) is 11.8 Å². The van der Waals surface area contributed by atoms with Crippen LogP contribution >= 0.6 is 11.8 Å². The number of sulfonamides is 1. The van der Waals surface area contributed by atoms with Gasteiger partial charge in [0.15, 0.2) is 0 Å². The molecule has 2 N–H and O–H groups in total. The van der Waals surface area contributed by atoms with Crippen LogP contribution in [0.2, 0.25) is 0 Å². The molecule has 2 aliphatic carbocycles. The number of carbonyl (C=O) groups excluding carboxylic acids is 1. The van der Waals surface area contributed by atoms with Gasteiger partial charge in [-0.05, 0) is 49.2 Å². The molecule has 28 heavy (non-hydrogen) atoms. The zero-order valence-electron chi connectivity index (χ0n) is 16.9. The minimum absolute atomic E-state index is 0.00908. The maximum atomic E-state index is 13.1. The van der Waals surface area contributed by atoms with E-state index in [2.05, 4.69) is 4.72 Å². The first-order valence-electron chi connectivity index (χ1n) is 10.5. The summed E-state index contributed by atoms with van der Waals surface area (Å²) in [7, 11) is -3.69. The van der Waals surface area contributed by atoms with E-state index in [1.54, 1.807) is 11.8 Å². The van der Waals surface area contributed by atoms with Crippen molar-refractivity contribution < 1.29 is 23.1 Å². The summed E-state index contributed by atoms with van der Waals surface area (Å²) < 4.78 is 34.3. The van der Waals surface area contributed by atoms with Crippen molar-refractivity contribution in [3.8, 4) is 0 Å².